The number of nitrogens with one attached hydrogen (secondary N) is 1. The van der Waals surface area contributed by atoms with Crippen molar-refractivity contribution >= 4 is 5.91 Å². The van der Waals surface area contributed by atoms with Crippen molar-refractivity contribution in [3.63, 3.8) is 0 Å². The molecule has 3 N–H and O–H groups in total. The second-order valence-corrected chi connectivity index (χ2v) is 10.2. The number of aliphatic hydroxyl groups excluding tert-OH is 2. The lowest BCUT2D eigenvalue weighted by Crippen LogP contribution is -2.39. The predicted molar refractivity (Wildman–Crippen MR) is 148 cm³/mol. The highest BCUT2D eigenvalue weighted by molar-refractivity contribution is 5.87. The van der Waals surface area contributed by atoms with Gasteiger partial charge in [-0.1, -0.05) is 57.2 Å². The third-order valence-electron chi connectivity index (χ3n) is 6.12. The van der Waals surface area contributed by atoms with Crippen LogP contribution in [0.3, 0.4) is 0 Å². The van der Waals surface area contributed by atoms with Crippen LogP contribution in [0.5, 0.6) is 0 Å². The molecule has 1 aliphatic carbocycles. The van der Waals surface area contributed by atoms with E-state index in [0.29, 0.717) is 17.9 Å². The molecule has 2 unspecified atom stereocenters. The van der Waals surface area contributed by atoms with Crippen molar-refractivity contribution in [1.82, 2.24) is 5.32 Å². The van der Waals surface area contributed by atoms with E-state index in [2.05, 4.69) is 50.9 Å². The Labute approximate surface area is 215 Å². The van der Waals surface area contributed by atoms with Crippen molar-refractivity contribution in [2.24, 2.45) is 11.8 Å². The van der Waals surface area contributed by atoms with Crippen LogP contribution in [0, 0.1) is 11.8 Å². The molecule has 1 aliphatic heterocycles. The fraction of sp³-hybridized carbons (Fsp3) is 0.700. The number of rotatable bonds is 8. The zero-order valence-electron chi connectivity index (χ0n) is 23.5. The lowest BCUT2D eigenvalue weighted by Gasteiger charge is -2.39. The summed E-state index contributed by atoms with van der Waals surface area (Å²) in [5, 5.41) is 20.5. The van der Waals surface area contributed by atoms with Gasteiger partial charge in [-0.2, -0.15) is 0 Å². The standard InChI is InChI=1S/C25H41NO3.C3H6O.C2H6/c1-5-6-7-24(28)26-22-13-11-20(12-14-22)10-8-19(2)9-15-23-16-21(18-27)17-25(3,4)29-23;1-3(2)4;1-2/h6-9,15,20-23,27H,5,10-14,16-18H2,1-4H3,(H,26,28);4H,1H2,2H3;1-2H3/b7-6-,15-9+,19-8+;;. The van der Waals surface area contributed by atoms with Crippen LogP contribution in [-0.2, 0) is 9.53 Å². The van der Waals surface area contributed by atoms with Gasteiger partial charge < -0.3 is 20.3 Å². The Hall–Kier alpha value is -1.85. The zero-order valence-corrected chi connectivity index (χ0v) is 23.5. The van der Waals surface area contributed by atoms with Crippen LogP contribution in [0.15, 0.2) is 48.3 Å². The highest BCUT2D eigenvalue weighted by atomic mass is 16.5. The summed E-state index contributed by atoms with van der Waals surface area (Å²) < 4.78 is 6.15. The number of carbonyl (C=O) groups excluding carboxylic acids is 1. The molecule has 1 amide bonds. The molecule has 1 heterocycles. The molecule has 1 saturated carbocycles. The minimum Gasteiger partial charge on any atom is -0.513 e. The molecule has 1 saturated heterocycles. The maximum absolute atomic E-state index is 11.8. The molecule has 0 aromatic rings. The summed E-state index contributed by atoms with van der Waals surface area (Å²) in [6, 6.07) is 0.330. The third kappa shape index (κ3) is 16.4. The van der Waals surface area contributed by atoms with E-state index in [-0.39, 0.29) is 30.0 Å². The smallest absolute Gasteiger partial charge is 0.243 e. The van der Waals surface area contributed by atoms with Gasteiger partial charge in [-0.3, -0.25) is 4.79 Å². The zero-order chi connectivity index (χ0) is 26.9. The first-order valence-electron chi connectivity index (χ1n) is 13.5. The van der Waals surface area contributed by atoms with E-state index in [1.165, 1.54) is 25.3 Å². The Morgan fingerprint density at radius 2 is 1.71 bits per heavy atom. The van der Waals surface area contributed by atoms with Gasteiger partial charge in [0.15, 0.2) is 0 Å². The SMILES string of the molecule is C=C(C)O.CC.CC/C=C\C(=O)NC1CCC(C/C=C(C)/C=C/C2CC(CO)CC(C)(C)O2)CC1. The summed E-state index contributed by atoms with van der Waals surface area (Å²) in [5.74, 6) is 1.25. The molecular formula is C30H53NO4. The quantitative estimate of drug-likeness (QED) is 0.191. The van der Waals surface area contributed by atoms with Crippen LogP contribution in [0.2, 0.25) is 0 Å². The van der Waals surface area contributed by atoms with Gasteiger partial charge in [0, 0.05) is 12.6 Å². The maximum Gasteiger partial charge on any atom is 0.243 e. The monoisotopic (exact) mass is 491 g/mol. The first-order valence-corrected chi connectivity index (χ1v) is 13.5. The largest absolute Gasteiger partial charge is 0.513 e. The van der Waals surface area contributed by atoms with Crippen LogP contribution < -0.4 is 5.32 Å². The van der Waals surface area contributed by atoms with E-state index in [4.69, 9.17) is 9.84 Å². The van der Waals surface area contributed by atoms with Crippen LogP contribution in [0.4, 0.5) is 0 Å². The van der Waals surface area contributed by atoms with Gasteiger partial charge >= 0.3 is 0 Å². The maximum atomic E-state index is 11.8. The molecule has 5 heteroatoms. The summed E-state index contributed by atoms with van der Waals surface area (Å²) in [6.07, 6.45) is 18.6. The number of aliphatic hydroxyl groups is 2. The topological polar surface area (TPSA) is 78.8 Å². The Kier molecular flexibility index (Phi) is 17.4. The highest BCUT2D eigenvalue weighted by Crippen LogP contribution is 2.33. The Balaban J connectivity index is 0.00000174. The van der Waals surface area contributed by atoms with Gasteiger partial charge in [0.05, 0.1) is 17.5 Å². The lowest BCUT2D eigenvalue weighted by atomic mass is 9.83. The molecule has 0 radical (unpaired) electrons. The van der Waals surface area contributed by atoms with Gasteiger partial charge in [0.2, 0.25) is 5.91 Å². The molecular weight excluding hydrogens is 438 g/mol. The summed E-state index contributed by atoms with van der Waals surface area (Å²) in [6.45, 7) is 17.3. The molecule has 0 spiro atoms. The van der Waals surface area contributed by atoms with Gasteiger partial charge in [-0.15, -0.1) is 0 Å². The molecule has 0 bridgehead atoms. The van der Waals surface area contributed by atoms with E-state index < -0.39 is 0 Å². The first-order chi connectivity index (χ1) is 16.5. The number of hydrogen-bond donors (Lipinski definition) is 3. The van der Waals surface area contributed by atoms with E-state index in [1.54, 1.807) is 6.08 Å². The molecule has 2 atom stereocenters. The fourth-order valence-corrected chi connectivity index (χ4v) is 4.57. The number of hydrogen-bond acceptors (Lipinski definition) is 4. The summed E-state index contributed by atoms with van der Waals surface area (Å²) in [7, 11) is 0. The second kappa shape index (κ2) is 18.4. The fourth-order valence-electron chi connectivity index (χ4n) is 4.57. The Bertz CT molecular complexity index is 680. The van der Waals surface area contributed by atoms with Gasteiger partial charge in [0.25, 0.3) is 0 Å². The minimum absolute atomic E-state index is 0.0488. The number of ether oxygens (including phenoxy) is 1. The van der Waals surface area contributed by atoms with Crippen LogP contribution in [-0.4, -0.2) is 40.5 Å². The minimum atomic E-state index is -0.168. The van der Waals surface area contributed by atoms with Crippen LogP contribution in [0.1, 0.15) is 99.8 Å². The number of allylic oxidation sites excluding steroid dienone is 5. The van der Waals surface area contributed by atoms with Crippen LogP contribution >= 0.6 is 0 Å². The Morgan fingerprint density at radius 3 is 2.26 bits per heavy atom. The van der Waals surface area contributed by atoms with E-state index in [1.807, 2.05) is 26.8 Å². The highest BCUT2D eigenvalue weighted by Gasteiger charge is 2.33. The summed E-state index contributed by atoms with van der Waals surface area (Å²) in [5.41, 5.74) is 1.11. The first kappa shape index (κ1) is 33.1. The van der Waals surface area contributed by atoms with E-state index >= 15 is 0 Å². The normalized spacial score (nSPS) is 26.3. The molecule has 35 heavy (non-hydrogen) atoms. The van der Waals surface area contributed by atoms with Crippen molar-refractivity contribution in [1.29, 1.82) is 0 Å². The van der Waals surface area contributed by atoms with Crippen molar-refractivity contribution in [2.45, 2.75) is 118 Å². The third-order valence-corrected chi connectivity index (χ3v) is 6.12. The van der Waals surface area contributed by atoms with Crippen molar-refractivity contribution < 1.29 is 19.7 Å². The van der Waals surface area contributed by atoms with E-state index in [0.717, 1.165) is 38.5 Å². The average molecular weight is 492 g/mol. The Morgan fingerprint density at radius 1 is 1.11 bits per heavy atom. The predicted octanol–water partition coefficient (Wildman–Crippen LogP) is 7.19. The second-order valence-electron chi connectivity index (χ2n) is 10.2. The summed E-state index contributed by atoms with van der Waals surface area (Å²) >= 11 is 0. The molecule has 2 aliphatic rings. The van der Waals surface area contributed by atoms with E-state index in [9.17, 15) is 9.90 Å². The lowest BCUT2D eigenvalue weighted by molar-refractivity contribution is -0.117. The van der Waals surface area contributed by atoms with Gasteiger partial charge in [0.1, 0.15) is 0 Å². The van der Waals surface area contributed by atoms with Crippen LogP contribution in [0.25, 0.3) is 0 Å². The van der Waals surface area contributed by atoms with Crippen molar-refractivity contribution in [2.75, 3.05) is 6.61 Å². The average Bonchev–Trinajstić information content (AvgIpc) is 2.81. The number of amides is 1. The van der Waals surface area contributed by atoms with Gasteiger partial charge in [-0.05, 0) is 97.0 Å². The molecule has 202 valence electrons. The molecule has 0 aromatic heterocycles. The van der Waals surface area contributed by atoms with Crippen molar-refractivity contribution in [3.05, 3.63) is 48.3 Å². The number of carbonyl (C=O) groups is 1. The molecule has 0 aromatic carbocycles. The van der Waals surface area contributed by atoms with Gasteiger partial charge in [-0.25, -0.2) is 0 Å². The molecule has 5 nitrogen and oxygen atoms in total. The molecule has 2 fully saturated rings. The summed E-state index contributed by atoms with van der Waals surface area (Å²) in [4.78, 5) is 11.8. The van der Waals surface area contributed by atoms with Crippen molar-refractivity contribution in [3.8, 4) is 0 Å². The molecule has 2 rings (SSSR count).